The smallest absolute Gasteiger partial charge is 0.246 e. The summed E-state index contributed by atoms with van der Waals surface area (Å²) in [5.74, 6) is -0.895. The molecular formula is C22H21F2NO4S. The number of hydrogen-bond donors (Lipinski definition) is 0. The fraction of sp³-hybridized carbons (Fsp3) is 0.182. The van der Waals surface area contributed by atoms with Crippen LogP contribution in [0.2, 0.25) is 0 Å². The lowest BCUT2D eigenvalue weighted by Crippen LogP contribution is -2.27. The minimum atomic E-state index is -4.22. The van der Waals surface area contributed by atoms with Gasteiger partial charge in [0.2, 0.25) is 10.0 Å². The number of halogens is 2. The van der Waals surface area contributed by atoms with Gasteiger partial charge in [-0.25, -0.2) is 17.2 Å². The van der Waals surface area contributed by atoms with Crippen molar-refractivity contribution in [3.05, 3.63) is 89.5 Å². The highest BCUT2D eigenvalue weighted by molar-refractivity contribution is 7.89. The molecule has 0 saturated carbocycles. The second-order valence-electron chi connectivity index (χ2n) is 6.60. The highest BCUT2D eigenvalue weighted by Gasteiger charge is 2.25. The van der Waals surface area contributed by atoms with Crippen molar-refractivity contribution in [2.24, 2.45) is 0 Å². The Morgan fingerprint density at radius 2 is 1.63 bits per heavy atom. The van der Waals surface area contributed by atoms with Crippen LogP contribution in [0.5, 0.6) is 11.5 Å². The number of hydrogen-bond acceptors (Lipinski definition) is 4. The summed E-state index contributed by atoms with van der Waals surface area (Å²) >= 11 is 0. The van der Waals surface area contributed by atoms with E-state index >= 15 is 0 Å². The first-order valence-corrected chi connectivity index (χ1v) is 10.5. The van der Waals surface area contributed by atoms with E-state index in [-0.39, 0.29) is 6.54 Å². The third kappa shape index (κ3) is 4.95. The Bertz CT molecular complexity index is 1120. The summed E-state index contributed by atoms with van der Waals surface area (Å²) in [6.45, 7) is 0.289. The van der Waals surface area contributed by atoms with E-state index in [1.54, 1.807) is 18.2 Å². The van der Waals surface area contributed by atoms with Gasteiger partial charge in [-0.2, -0.15) is 4.31 Å². The summed E-state index contributed by atoms with van der Waals surface area (Å²) in [6, 6.07) is 17.0. The van der Waals surface area contributed by atoms with Crippen LogP contribution >= 0.6 is 0 Å². The predicted octanol–water partition coefficient (Wildman–Crippen LogP) is 4.37. The molecule has 0 saturated heterocycles. The minimum Gasteiger partial charge on any atom is -0.493 e. The summed E-state index contributed by atoms with van der Waals surface area (Å²) in [5, 5.41) is 0. The van der Waals surface area contributed by atoms with Crippen molar-refractivity contribution in [2.45, 2.75) is 18.0 Å². The molecule has 0 aliphatic rings. The normalized spacial score (nSPS) is 11.5. The second kappa shape index (κ2) is 9.23. The fourth-order valence-corrected chi connectivity index (χ4v) is 4.08. The van der Waals surface area contributed by atoms with Crippen molar-refractivity contribution in [3.63, 3.8) is 0 Å². The molecule has 5 nitrogen and oxygen atoms in total. The minimum absolute atomic E-state index is 0.0619. The molecule has 0 N–H and O–H groups in total. The second-order valence-corrected chi connectivity index (χ2v) is 8.61. The van der Waals surface area contributed by atoms with Crippen LogP contribution in [-0.2, 0) is 23.2 Å². The van der Waals surface area contributed by atoms with Crippen LogP contribution in [0, 0.1) is 11.6 Å². The lowest BCUT2D eigenvalue weighted by atomic mass is 10.2. The van der Waals surface area contributed by atoms with Gasteiger partial charge in [-0.05, 0) is 41.5 Å². The molecular weight excluding hydrogens is 412 g/mol. The summed E-state index contributed by atoms with van der Waals surface area (Å²) in [6.07, 6.45) is 0. The number of ether oxygens (including phenoxy) is 2. The maximum Gasteiger partial charge on any atom is 0.246 e. The van der Waals surface area contributed by atoms with E-state index in [1.807, 2.05) is 30.3 Å². The SMILES string of the molecule is COc1cc(CN(C)S(=O)(=O)c2cc(F)ccc2F)ccc1OCc1ccccc1. The number of rotatable bonds is 8. The number of sulfonamides is 1. The van der Waals surface area contributed by atoms with Crippen LogP contribution in [0.3, 0.4) is 0 Å². The van der Waals surface area contributed by atoms with Crippen molar-refractivity contribution < 1.29 is 26.7 Å². The monoisotopic (exact) mass is 433 g/mol. The van der Waals surface area contributed by atoms with Gasteiger partial charge in [0, 0.05) is 13.6 Å². The first kappa shape index (κ1) is 21.7. The molecule has 0 fully saturated rings. The molecule has 0 amide bonds. The van der Waals surface area contributed by atoms with Crippen molar-refractivity contribution >= 4 is 10.0 Å². The van der Waals surface area contributed by atoms with Gasteiger partial charge in [0.1, 0.15) is 23.1 Å². The molecule has 0 heterocycles. The van der Waals surface area contributed by atoms with Gasteiger partial charge in [-0.3, -0.25) is 0 Å². The van der Waals surface area contributed by atoms with E-state index in [2.05, 4.69) is 0 Å². The van der Waals surface area contributed by atoms with Crippen LogP contribution in [0.25, 0.3) is 0 Å². The number of benzene rings is 3. The lowest BCUT2D eigenvalue weighted by Gasteiger charge is -2.19. The van der Waals surface area contributed by atoms with Gasteiger partial charge >= 0.3 is 0 Å². The van der Waals surface area contributed by atoms with Gasteiger partial charge in [0.05, 0.1) is 7.11 Å². The maximum absolute atomic E-state index is 14.0. The van der Waals surface area contributed by atoms with Gasteiger partial charge in [-0.15, -0.1) is 0 Å². The Kier molecular flexibility index (Phi) is 6.69. The van der Waals surface area contributed by atoms with E-state index in [0.717, 1.165) is 22.0 Å². The molecule has 0 unspecified atom stereocenters. The molecule has 30 heavy (non-hydrogen) atoms. The third-order valence-electron chi connectivity index (χ3n) is 4.45. The van der Waals surface area contributed by atoms with Crippen LogP contribution in [0.4, 0.5) is 8.78 Å². The van der Waals surface area contributed by atoms with E-state index < -0.39 is 26.6 Å². The Hall–Kier alpha value is -2.97. The first-order valence-electron chi connectivity index (χ1n) is 9.06. The Balaban J connectivity index is 1.76. The van der Waals surface area contributed by atoms with Crippen LogP contribution in [-0.4, -0.2) is 26.9 Å². The standard InChI is InChI=1S/C22H21F2NO4S/c1-25(30(26,27)22-13-18(23)9-10-19(22)24)14-17-8-11-20(21(12-17)28-2)29-15-16-6-4-3-5-7-16/h3-13H,14-15H2,1-2H3. The zero-order valence-corrected chi connectivity index (χ0v) is 17.3. The quantitative estimate of drug-likeness (QED) is 0.529. The molecule has 0 aromatic heterocycles. The predicted molar refractivity (Wildman–Crippen MR) is 109 cm³/mol. The van der Waals surface area contributed by atoms with Gasteiger partial charge < -0.3 is 9.47 Å². The Morgan fingerprint density at radius 1 is 0.900 bits per heavy atom. The summed E-state index contributed by atoms with van der Waals surface area (Å²) in [5.41, 5.74) is 1.59. The van der Waals surface area contributed by atoms with E-state index in [9.17, 15) is 17.2 Å². The molecule has 3 aromatic carbocycles. The van der Waals surface area contributed by atoms with Crippen molar-refractivity contribution in [1.29, 1.82) is 0 Å². The first-order chi connectivity index (χ1) is 14.3. The Morgan fingerprint density at radius 3 is 2.33 bits per heavy atom. The molecule has 0 atom stereocenters. The number of methoxy groups -OCH3 is 1. The summed E-state index contributed by atoms with van der Waals surface area (Å²) in [4.78, 5) is -0.709. The maximum atomic E-state index is 14.0. The topological polar surface area (TPSA) is 55.8 Å². The van der Waals surface area contributed by atoms with Crippen molar-refractivity contribution in [1.82, 2.24) is 4.31 Å². The zero-order chi connectivity index (χ0) is 21.7. The van der Waals surface area contributed by atoms with Crippen LogP contribution < -0.4 is 9.47 Å². The fourth-order valence-electron chi connectivity index (χ4n) is 2.85. The van der Waals surface area contributed by atoms with Gasteiger partial charge in [0.25, 0.3) is 0 Å². The van der Waals surface area contributed by atoms with Crippen molar-refractivity contribution in [3.8, 4) is 11.5 Å². The van der Waals surface area contributed by atoms with Gasteiger partial charge in [-0.1, -0.05) is 36.4 Å². The highest BCUT2D eigenvalue weighted by atomic mass is 32.2. The summed E-state index contributed by atoms with van der Waals surface area (Å²) in [7, 11) is -1.44. The van der Waals surface area contributed by atoms with E-state index in [0.29, 0.717) is 29.7 Å². The molecule has 8 heteroatoms. The van der Waals surface area contributed by atoms with Crippen molar-refractivity contribution in [2.75, 3.05) is 14.2 Å². The molecule has 0 radical (unpaired) electrons. The third-order valence-corrected chi connectivity index (χ3v) is 6.27. The molecule has 0 aliphatic carbocycles. The highest BCUT2D eigenvalue weighted by Crippen LogP contribution is 2.30. The van der Waals surface area contributed by atoms with E-state index in [4.69, 9.17) is 9.47 Å². The summed E-state index contributed by atoms with van der Waals surface area (Å²) < 4.78 is 64.8. The van der Waals surface area contributed by atoms with Gasteiger partial charge in [0.15, 0.2) is 11.5 Å². The molecule has 0 aliphatic heterocycles. The van der Waals surface area contributed by atoms with Crippen LogP contribution in [0.15, 0.2) is 71.6 Å². The molecule has 3 rings (SSSR count). The van der Waals surface area contributed by atoms with Crippen LogP contribution in [0.1, 0.15) is 11.1 Å². The average molecular weight is 433 g/mol. The average Bonchev–Trinajstić information content (AvgIpc) is 2.75. The molecule has 0 bridgehead atoms. The largest absolute Gasteiger partial charge is 0.493 e. The zero-order valence-electron chi connectivity index (χ0n) is 16.5. The molecule has 158 valence electrons. The Labute approximate surface area is 174 Å². The van der Waals surface area contributed by atoms with E-state index in [1.165, 1.54) is 14.2 Å². The lowest BCUT2D eigenvalue weighted by molar-refractivity contribution is 0.284. The molecule has 0 spiro atoms. The molecule has 3 aromatic rings. The number of nitrogens with zero attached hydrogens (tertiary/aromatic N) is 1.